The number of aromatic carboxylic acids is 1. The molecule has 0 fully saturated rings. The highest BCUT2D eigenvalue weighted by atomic mass is 35.5. The second kappa shape index (κ2) is 9.64. The van der Waals surface area contributed by atoms with Crippen LogP contribution in [0.3, 0.4) is 0 Å². The van der Waals surface area contributed by atoms with Crippen LogP contribution in [-0.2, 0) is 13.0 Å². The minimum atomic E-state index is -1.12. The van der Waals surface area contributed by atoms with Crippen LogP contribution in [0.4, 0.5) is 4.79 Å². The van der Waals surface area contributed by atoms with E-state index < -0.39 is 5.97 Å². The Kier molecular flexibility index (Phi) is 6.25. The van der Waals surface area contributed by atoms with Crippen LogP contribution < -0.4 is 5.32 Å². The Morgan fingerprint density at radius 3 is 2.09 bits per heavy atom. The summed E-state index contributed by atoms with van der Waals surface area (Å²) in [5.41, 5.74) is 3.94. The first-order chi connectivity index (χ1) is 17.0. The molecular formula is C27H23ClN4O3. The van der Waals surface area contributed by atoms with E-state index in [9.17, 15) is 14.7 Å². The Bertz CT molecular complexity index is 1320. The summed E-state index contributed by atoms with van der Waals surface area (Å²) in [6.07, 6.45) is 0.479. The molecule has 0 atom stereocenters. The highest BCUT2D eigenvalue weighted by Gasteiger charge is 2.31. The smallest absolute Gasteiger partial charge is 0.356 e. The van der Waals surface area contributed by atoms with Crippen LogP contribution in [0.25, 0.3) is 5.69 Å². The van der Waals surface area contributed by atoms with Gasteiger partial charge in [0, 0.05) is 23.6 Å². The number of rotatable bonds is 5. The lowest BCUT2D eigenvalue weighted by molar-refractivity contribution is 0.0687. The normalized spacial score (nSPS) is 12.9. The van der Waals surface area contributed by atoms with E-state index in [2.05, 4.69) is 10.4 Å². The molecule has 1 aliphatic heterocycles. The minimum absolute atomic E-state index is 0.0462. The monoisotopic (exact) mass is 486 g/mol. The lowest BCUT2D eigenvalue weighted by Gasteiger charge is -2.30. The summed E-state index contributed by atoms with van der Waals surface area (Å²) in [6, 6.07) is 26.0. The van der Waals surface area contributed by atoms with Gasteiger partial charge in [0.2, 0.25) is 0 Å². The molecule has 3 aromatic carbocycles. The van der Waals surface area contributed by atoms with Crippen molar-refractivity contribution in [3.05, 3.63) is 118 Å². The molecule has 0 bridgehead atoms. The molecule has 0 radical (unpaired) electrons. The maximum absolute atomic E-state index is 13.4. The molecule has 0 saturated carbocycles. The van der Waals surface area contributed by atoms with E-state index in [1.165, 1.54) is 0 Å². The van der Waals surface area contributed by atoms with Crippen LogP contribution in [-0.4, -0.2) is 38.3 Å². The summed E-state index contributed by atoms with van der Waals surface area (Å²) in [6.45, 7) is 0.597. The van der Waals surface area contributed by atoms with Gasteiger partial charge in [0.05, 0.1) is 24.0 Å². The van der Waals surface area contributed by atoms with Crippen molar-refractivity contribution in [3.63, 3.8) is 0 Å². The number of carbonyl (C=O) groups excluding carboxylic acids is 1. The van der Waals surface area contributed by atoms with Gasteiger partial charge in [0.25, 0.3) is 0 Å². The van der Waals surface area contributed by atoms with Crippen LogP contribution in [0.5, 0.6) is 0 Å². The second-order valence-electron chi connectivity index (χ2n) is 8.34. The fourth-order valence-electron chi connectivity index (χ4n) is 4.42. The predicted octanol–water partition coefficient (Wildman–Crippen LogP) is 5.08. The number of hydrogen-bond donors (Lipinski definition) is 2. The van der Waals surface area contributed by atoms with E-state index in [1.807, 2.05) is 60.7 Å². The molecule has 8 heteroatoms. The van der Waals surface area contributed by atoms with E-state index in [4.69, 9.17) is 11.6 Å². The number of nitrogens with one attached hydrogen (secondary N) is 1. The average molecular weight is 487 g/mol. The van der Waals surface area contributed by atoms with Crippen molar-refractivity contribution in [2.24, 2.45) is 0 Å². The molecule has 1 aromatic heterocycles. The Labute approximate surface area is 207 Å². The van der Waals surface area contributed by atoms with Crippen molar-refractivity contribution in [1.29, 1.82) is 0 Å². The number of urea groups is 1. The Morgan fingerprint density at radius 1 is 0.914 bits per heavy atom. The number of carboxylic acid groups (broad SMARTS) is 1. The number of carboxylic acids is 1. The van der Waals surface area contributed by atoms with Crippen LogP contribution in [0.1, 0.15) is 38.9 Å². The molecule has 5 rings (SSSR count). The number of amides is 2. The first kappa shape index (κ1) is 22.7. The number of aromatic nitrogens is 2. The van der Waals surface area contributed by atoms with Crippen LogP contribution in [0.2, 0.25) is 5.02 Å². The molecular weight excluding hydrogens is 464 g/mol. The summed E-state index contributed by atoms with van der Waals surface area (Å²) in [5, 5.41) is 17.9. The van der Waals surface area contributed by atoms with Crippen molar-refractivity contribution in [2.75, 3.05) is 6.54 Å². The fraction of sp³-hybridized carbons (Fsp3) is 0.148. The third-order valence-electron chi connectivity index (χ3n) is 6.15. The molecule has 7 nitrogen and oxygen atoms in total. The molecule has 4 aromatic rings. The molecule has 0 aliphatic carbocycles. The van der Waals surface area contributed by atoms with Crippen LogP contribution in [0, 0.1) is 0 Å². The van der Waals surface area contributed by atoms with Crippen molar-refractivity contribution >= 4 is 23.6 Å². The van der Waals surface area contributed by atoms with Gasteiger partial charge < -0.3 is 15.3 Å². The first-order valence-corrected chi connectivity index (χ1v) is 11.6. The summed E-state index contributed by atoms with van der Waals surface area (Å²) >= 11 is 6.01. The first-order valence-electron chi connectivity index (χ1n) is 11.3. The van der Waals surface area contributed by atoms with Crippen molar-refractivity contribution < 1.29 is 14.7 Å². The summed E-state index contributed by atoms with van der Waals surface area (Å²) < 4.78 is 1.64. The maximum Gasteiger partial charge on any atom is 0.356 e. The summed E-state index contributed by atoms with van der Waals surface area (Å²) in [5.74, 6) is -1.12. The maximum atomic E-state index is 13.4. The molecule has 0 saturated heterocycles. The summed E-state index contributed by atoms with van der Waals surface area (Å²) in [4.78, 5) is 27.0. The van der Waals surface area contributed by atoms with Crippen molar-refractivity contribution in [3.8, 4) is 5.69 Å². The van der Waals surface area contributed by atoms with Crippen molar-refractivity contribution in [1.82, 2.24) is 20.0 Å². The molecule has 0 spiro atoms. The van der Waals surface area contributed by atoms with E-state index in [1.54, 1.807) is 33.8 Å². The molecule has 1 aliphatic rings. The van der Waals surface area contributed by atoms with E-state index in [0.29, 0.717) is 23.6 Å². The number of hydrogen-bond acceptors (Lipinski definition) is 3. The van der Waals surface area contributed by atoms with Gasteiger partial charge in [-0.25, -0.2) is 14.3 Å². The summed E-state index contributed by atoms with van der Waals surface area (Å²) in [7, 11) is 0. The Morgan fingerprint density at radius 2 is 1.51 bits per heavy atom. The topological polar surface area (TPSA) is 87.5 Å². The standard InChI is InChI=1S/C27H23ClN4O3/c28-20-11-13-21(14-12-20)32-23-15-16-31(17-22(23)25(30-32)26(33)34)27(35)29-24(18-7-3-1-4-8-18)19-9-5-2-6-10-19/h1-14,24H,15-17H2,(H,29,35)(H,33,34). The third kappa shape index (κ3) is 4.63. The predicted molar refractivity (Wildman–Crippen MR) is 133 cm³/mol. The Balaban J connectivity index is 1.43. The van der Waals surface area contributed by atoms with E-state index in [0.717, 1.165) is 22.5 Å². The van der Waals surface area contributed by atoms with Gasteiger partial charge >= 0.3 is 12.0 Å². The van der Waals surface area contributed by atoms with E-state index >= 15 is 0 Å². The number of carbonyl (C=O) groups is 2. The van der Waals surface area contributed by atoms with Gasteiger partial charge in [-0.15, -0.1) is 0 Å². The number of fused-ring (bicyclic) bond motifs is 1. The highest BCUT2D eigenvalue weighted by Crippen LogP contribution is 2.28. The third-order valence-corrected chi connectivity index (χ3v) is 6.40. The molecule has 176 valence electrons. The van der Waals surface area contributed by atoms with Gasteiger partial charge in [-0.2, -0.15) is 5.10 Å². The molecule has 2 amide bonds. The highest BCUT2D eigenvalue weighted by molar-refractivity contribution is 6.30. The Hall–Kier alpha value is -4.10. The van der Waals surface area contributed by atoms with Gasteiger partial charge in [-0.05, 0) is 35.4 Å². The average Bonchev–Trinajstić information content (AvgIpc) is 3.28. The van der Waals surface area contributed by atoms with Gasteiger partial charge in [0.1, 0.15) is 0 Å². The second-order valence-corrected chi connectivity index (χ2v) is 8.78. The SMILES string of the molecule is O=C(O)c1nn(-c2ccc(Cl)cc2)c2c1CN(C(=O)NC(c1ccccc1)c1ccccc1)CC2. The van der Waals surface area contributed by atoms with Gasteiger partial charge in [-0.1, -0.05) is 72.3 Å². The quantitative estimate of drug-likeness (QED) is 0.411. The fourth-order valence-corrected chi connectivity index (χ4v) is 4.55. The molecule has 35 heavy (non-hydrogen) atoms. The number of halogens is 1. The zero-order valence-corrected chi connectivity index (χ0v) is 19.5. The van der Waals surface area contributed by atoms with Crippen LogP contribution in [0.15, 0.2) is 84.9 Å². The van der Waals surface area contributed by atoms with Gasteiger partial charge in [-0.3, -0.25) is 0 Å². The number of benzene rings is 3. The van der Waals surface area contributed by atoms with Crippen molar-refractivity contribution in [2.45, 2.75) is 19.0 Å². The van der Waals surface area contributed by atoms with Gasteiger partial charge in [0.15, 0.2) is 5.69 Å². The molecule has 0 unspecified atom stereocenters. The zero-order chi connectivity index (χ0) is 24.4. The number of nitrogens with zero attached hydrogens (tertiary/aromatic N) is 3. The lowest BCUT2D eigenvalue weighted by Crippen LogP contribution is -2.44. The molecule has 2 N–H and O–H groups in total. The zero-order valence-electron chi connectivity index (χ0n) is 18.8. The minimum Gasteiger partial charge on any atom is -0.476 e. The van der Waals surface area contributed by atoms with Crippen LogP contribution >= 0.6 is 11.6 Å². The molecule has 2 heterocycles. The largest absolute Gasteiger partial charge is 0.476 e. The van der Waals surface area contributed by atoms with E-state index in [-0.39, 0.29) is 24.3 Å². The lowest BCUT2D eigenvalue weighted by atomic mass is 9.99.